The number of hydrogen-bond donors (Lipinski definition) is 1. The molecule has 0 spiro atoms. The zero-order valence-corrected chi connectivity index (χ0v) is 18.4. The van der Waals surface area contributed by atoms with Crippen LogP contribution in [0.25, 0.3) is 5.57 Å². The number of hydrogen-bond acceptors (Lipinski definition) is 7. The highest BCUT2D eigenvalue weighted by Gasteiger charge is 2.57. The second kappa shape index (κ2) is 9.85. The third-order valence-electron chi connectivity index (χ3n) is 6.24. The van der Waals surface area contributed by atoms with Gasteiger partial charge >= 0.3 is 5.97 Å². The zero-order chi connectivity index (χ0) is 22.7. The monoisotopic (exact) mass is 442 g/mol. The molecule has 0 saturated carbocycles. The third-order valence-corrected chi connectivity index (χ3v) is 6.24. The van der Waals surface area contributed by atoms with E-state index >= 15 is 0 Å². The van der Waals surface area contributed by atoms with Gasteiger partial charge in [-0.2, -0.15) is 0 Å². The summed E-state index contributed by atoms with van der Waals surface area (Å²) in [5.74, 6) is -0.547. The first-order valence-electron chi connectivity index (χ1n) is 11.1. The van der Waals surface area contributed by atoms with Crippen molar-refractivity contribution in [2.75, 3.05) is 46.1 Å². The van der Waals surface area contributed by atoms with Gasteiger partial charge in [-0.3, -0.25) is 9.69 Å². The van der Waals surface area contributed by atoms with Crippen LogP contribution in [0.3, 0.4) is 0 Å². The quantitative estimate of drug-likeness (QED) is 0.352. The molecule has 1 N–H and O–H groups in total. The van der Waals surface area contributed by atoms with Gasteiger partial charge in [0.1, 0.15) is 24.7 Å². The fraction of sp³-hybridized carbons (Fsp3) is 0.500. The number of fused-ring (bicyclic) bond motifs is 1. The molecule has 3 atom stereocenters. The van der Waals surface area contributed by atoms with Gasteiger partial charge in [0.2, 0.25) is 5.91 Å². The Bertz CT molecular complexity index is 888. The lowest BCUT2D eigenvalue weighted by Gasteiger charge is -2.44. The number of aliphatic hydroxyl groups excluding tert-OH is 1. The molecular formula is C24H30N2O6. The lowest BCUT2D eigenvalue weighted by atomic mass is 9.82. The van der Waals surface area contributed by atoms with Gasteiger partial charge in [0, 0.05) is 19.6 Å². The van der Waals surface area contributed by atoms with Crippen molar-refractivity contribution in [1.29, 1.82) is 0 Å². The number of carbonyl (C=O) groups is 2. The summed E-state index contributed by atoms with van der Waals surface area (Å²) in [6.45, 7) is 10.0. The molecule has 172 valence electrons. The topological polar surface area (TPSA) is 88.5 Å². The molecule has 3 aliphatic heterocycles. The van der Waals surface area contributed by atoms with E-state index in [-0.39, 0.29) is 24.3 Å². The first-order chi connectivity index (χ1) is 15.5. The SMILES string of the molecule is C=CCOC(=O)C1=C(c2ccc(OCCN3CCOCC3)cc2)C[C@@H]2[C@@H]([C@@H](C)O)C(=O)N12. The summed E-state index contributed by atoms with van der Waals surface area (Å²) in [7, 11) is 0. The van der Waals surface area contributed by atoms with Crippen molar-refractivity contribution in [2.24, 2.45) is 5.92 Å². The van der Waals surface area contributed by atoms with Crippen molar-refractivity contribution in [3.8, 4) is 5.75 Å². The summed E-state index contributed by atoms with van der Waals surface area (Å²) in [4.78, 5) is 29.1. The second-order valence-electron chi connectivity index (χ2n) is 8.29. The van der Waals surface area contributed by atoms with Crippen molar-refractivity contribution in [1.82, 2.24) is 9.80 Å². The Labute approximate surface area is 188 Å². The van der Waals surface area contributed by atoms with Gasteiger partial charge in [0.25, 0.3) is 0 Å². The van der Waals surface area contributed by atoms with Crippen LogP contribution in [0.1, 0.15) is 18.9 Å². The predicted octanol–water partition coefficient (Wildman–Crippen LogP) is 1.45. The molecule has 8 heteroatoms. The van der Waals surface area contributed by atoms with Crippen LogP contribution in [-0.2, 0) is 19.1 Å². The van der Waals surface area contributed by atoms with E-state index in [2.05, 4.69) is 11.5 Å². The van der Waals surface area contributed by atoms with Gasteiger partial charge < -0.3 is 24.2 Å². The molecule has 0 unspecified atom stereocenters. The summed E-state index contributed by atoms with van der Waals surface area (Å²) in [6, 6.07) is 7.31. The molecule has 0 aliphatic carbocycles. The minimum absolute atomic E-state index is 0.0675. The van der Waals surface area contributed by atoms with Gasteiger partial charge in [-0.25, -0.2) is 4.79 Å². The molecule has 1 aromatic rings. The van der Waals surface area contributed by atoms with Gasteiger partial charge in [-0.1, -0.05) is 24.8 Å². The normalized spacial score (nSPS) is 24.1. The standard InChI is InChI=1S/C24H30N2O6/c1-3-11-32-24(29)22-19(15-20-21(16(2)27)23(28)26(20)22)17-4-6-18(7-5-17)31-14-10-25-8-12-30-13-9-25/h3-7,16,20-21,27H,1,8-15H2,2H3/t16-,20-,21-/m1/s1. The highest BCUT2D eigenvalue weighted by atomic mass is 16.5. The smallest absolute Gasteiger partial charge is 0.355 e. The summed E-state index contributed by atoms with van der Waals surface area (Å²) in [6.07, 6.45) is 1.22. The highest BCUT2D eigenvalue weighted by Crippen LogP contribution is 2.47. The van der Waals surface area contributed by atoms with Crippen LogP contribution in [0.15, 0.2) is 42.6 Å². The van der Waals surface area contributed by atoms with Gasteiger partial charge in [-0.05, 0) is 36.6 Å². The Morgan fingerprint density at radius 1 is 1.31 bits per heavy atom. The van der Waals surface area contributed by atoms with E-state index in [1.165, 1.54) is 11.0 Å². The van der Waals surface area contributed by atoms with Crippen LogP contribution in [0.4, 0.5) is 0 Å². The van der Waals surface area contributed by atoms with Crippen LogP contribution in [0.5, 0.6) is 5.75 Å². The van der Waals surface area contributed by atoms with Crippen LogP contribution in [0.2, 0.25) is 0 Å². The van der Waals surface area contributed by atoms with Crippen molar-refractivity contribution in [3.63, 3.8) is 0 Å². The Morgan fingerprint density at radius 2 is 2.03 bits per heavy atom. The molecule has 0 bridgehead atoms. The summed E-state index contributed by atoms with van der Waals surface area (Å²) in [5, 5.41) is 10.0. The molecule has 2 fully saturated rings. The lowest BCUT2D eigenvalue weighted by Crippen LogP contribution is -2.61. The molecular weight excluding hydrogens is 412 g/mol. The maximum absolute atomic E-state index is 12.7. The molecule has 32 heavy (non-hydrogen) atoms. The number of β-lactam (4-membered cyclic amide) rings is 1. The fourth-order valence-electron chi connectivity index (χ4n) is 4.59. The molecule has 0 radical (unpaired) electrons. The Kier molecular flexibility index (Phi) is 6.93. The van der Waals surface area contributed by atoms with Gasteiger partial charge in [-0.15, -0.1) is 0 Å². The largest absolute Gasteiger partial charge is 0.492 e. The number of aliphatic hydroxyl groups is 1. The number of carbonyl (C=O) groups excluding carboxylic acids is 2. The maximum atomic E-state index is 12.7. The van der Waals surface area contributed by atoms with E-state index in [1.807, 2.05) is 24.3 Å². The van der Waals surface area contributed by atoms with Crippen molar-refractivity contribution in [3.05, 3.63) is 48.2 Å². The molecule has 1 aromatic carbocycles. The molecule has 1 amide bonds. The van der Waals surface area contributed by atoms with Crippen molar-refractivity contribution >= 4 is 17.4 Å². The molecule has 2 saturated heterocycles. The van der Waals surface area contributed by atoms with Crippen LogP contribution < -0.4 is 4.74 Å². The number of esters is 1. The van der Waals surface area contributed by atoms with Crippen LogP contribution in [-0.4, -0.2) is 85.0 Å². The summed E-state index contributed by atoms with van der Waals surface area (Å²) < 4.78 is 16.5. The molecule has 3 heterocycles. The number of ether oxygens (including phenoxy) is 3. The first-order valence-corrected chi connectivity index (χ1v) is 11.1. The number of amides is 1. The Morgan fingerprint density at radius 3 is 2.69 bits per heavy atom. The van der Waals surface area contributed by atoms with Gasteiger partial charge in [0.15, 0.2) is 0 Å². The number of benzene rings is 1. The van der Waals surface area contributed by atoms with E-state index in [4.69, 9.17) is 14.2 Å². The highest BCUT2D eigenvalue weighted by molar-refractivity contribution is 6.06. The predicted molar refractivity (Wildman–Crippen MR) is 118 cm³/mol. The van der Waals surface area contributed by atoms with E-state index in [0.29, 0.717) is 13.0 Å². The Hall–Kier alpha value is -2.68. The molecule has 8 nitrogen and oxygen atoms in total. The fourth-order valence-corrected chi connectivity index (χ4v) is 4.59. The summed E-state index contributed by atoms with van der Waals surface area (Å²) in [5.41, 5.74) is 1.85. The molecule has 3 aliphatic rings. The van der Waals surface area contributed by atoms with Crippen LogP contribution >= 0.6 is 0 Å². The van der Waals surface area contributed by atoms with E-state index in [0.717, 1.165) is 49.7 Å². The minimum atomic E-state index is -0.768. The lowest BCUT2D eigenvalue weighted by molar-refractivity contribution is -0.162. The maximum Gasteiger partial charge on any atom is 0.355 e. The number of nitrogens with zero attached hydrogens (tertiary/aromatic N) is 2. The van der Waals surface area contributed by atoms with Gasteiger partial charge in [0.05, 0.1) is 31.3 Å². The zero-order valence-electron chi connectivity index (χ0n) is 18.4. The second-order valence-corrected chi connectivity index (χ2v) is 8.29. The first kappa shape index (κ1) is 22.5. The van der Waals surface area contributed by atoms with E-state index < -0.39 is 18.0 Å². The average Bonchev–Trinajstić information content (AvgIpc) is 3.13. The van der Waals surface area contributed by atoms with E-state index in [1.54, 1.807) is 6.92 Å². The number of rotatable bonds is 9. The Balaban J connectivity index is 1.47. The van der Waals surface area contributed by atoms with E-state index in [9.17, 15) is 14.7 Å². The third kappa shape index (κ3) is 4.44. The summed E-state index contributed by atoms with van der Waals surface area (Å²) >= 11 is 0. The minimum Gasteiger partial charge on any atom is -0.492 e. The van der Waals surface area contributed by atoms with Crippen LogP contribution in [0, 0.1) is 5.92 Å². The van der Waals surface area contributed by atoms with Crippen molar-refractivity contribution in [2.45, 2.75) is 25.5 Å². The van der Waals surface area contributed by atoms with Crippen molar-refractivity contribution < 1.29 is 28.9 Å². The number of morpholine rings is 1. The molecule has 4 rings (SSSR count). The average molecular weight is 443 g/mol. The molecule has 0 aromatic heterocycles.